The van der Waals surface area contributed by atoms with Crippen LogP contribution in [0.2, 0.25) is 0 Å². The van der Waals surface area contributed by atoms with E-state index < -0.39 is 0 Å². The SMILES string of the molecule is Cc1cc2c3c(n(-c4ccccc4)c2c2ccccc12)C=CCC3. The summed E-state index contributed by atoms with van der Waals surface area (Å²) >= 11 is 0. The van der Waals surface area contributed by atoms with E-state index in [1.165, 1.54) is 44.2 Å². The minimum Gasteiger partial charge on any atom is -0.309 e. The molecule has 1 aliphatic carbocycles. The van der Waals surface area contributed by atoms with E-state index in [0.29, 0.717) is 0 Å². The van der Waals surface area contributed by atoms with Gasteiger partial charge in [0, 0.05) is 22.2 Å². The molecule has 0 amide bonds. The summed E-state index contributed by atoms with van der Waals surface area (Å²) in [4.78, 5) is 0. The van der Waals surface area contributed by atoms with Crippen molar-refractivity contribution in [3.8, 4) is 5.69 Å². The summed E-state index contributed by atoms with van der Waals surface area (Å²) < 4.78 is 2.45. The summed E-state index contributed by atoms with van der Waals surface area (Å²) in [5.41, 5.74) is 6.78. The topological polar surface area (TPSA) is 4.93 Å². The van der Waals surface area contributed by atoms with E-state index in [1.807, 2.05) is 0 Å². The molecule has 1 aromatic heterocycles. The minimum absolute atomic E-state index is 1.12. The Balaban J connectivity index is 2.04. The first-order valence-corrected chi connectivity index (χ1v) is 8.62. The Hall–Kier alpha value is -2.80. The quantitative estimate of drug-likeness (QED) is 0.403. The first-order valence-electron chi connectivity index (χ1n) is 8.62. The summed E-state index contributed by atoms with van der Waals surface area (Å²) in [5.74, 6) is 0. The van der Waals surface area contributed by atoms with Crippen molar-refractivity contribution in [1.82, 2.24) is 4.57 Å². The third-order valence-corrected chi connectivity index (χ3v) is 5.17. The zero-order valence-electron chi connectivity index (χ0n) is 13.8. The molecule has 0 bridgehead atoms. The maximum Gasteiger partial charge on any atom is 0.0616 e. The van der Waals surface area contributed by atoms with Gasteiger partial charge in [-0.2, -0.15) is 0 Å². The van der Waals surface area contributed by atoms with Gasteiger partial charge in [-0.25, -0.2) is 0 Å². The lowest BCUT2D eigenvalue weighted by Crippen LogP contribution is -2.00. The molecule has 0 saturated heterocycles. The molecule has 0 radical (unpaired) electrons. The number of para-hydroxylation sites is 1. The Labute approximate surface area is 141 Å². The average molecular weight is 309 g/mol. The van der Waals surface area contributed by atoms with Gasteiger partial charge in [-0.15, -0.1) is 0 Å². The van der Waals surface area contributed by atoms with Crippen LogP contribution in [0.25, 0.3) is 33.4 Å². The molecule has 116 valence electrons. The third-order valence-electron chi connectivity index (χ3n) is 5.17. The lowest BCUT2D eigenvalue weighted by Gasteiger charge is -2.12. The lowest BCUT2D eigenvalue weighted by atomic mass is 9.97. The van der Waals surface area contributed by atoms with Gasteiger partial charge >= 0.3 is 0 Å². The van der Waals surface area contributed by atoms with Crippen molar-refractivity contribution in [3.05, 3.63) is 83.6 Å². The molecule has 1 heterocycles. The van der Waals surface area contributed by atoms with E-state index in [9.17, 15) is 0 Å². The van der Waals surface area contributed by atoms with Crippen LogP contribution in [0.3, 0.4) is 0 Å². The van der Waals surface area contributed by atoms with Crippen molar-refractivity contribution in [3.63, 3.8) is 0 Å². The summed E-state index contributed by atoms with van der Waals surface area (Å²) in [7, 11) is 0. The summed E-state index contributed by atoms with van der Waals surface area (Å²) in [6, 6.07) is 21.9. The van der Waals surface area contributed by atoms with Gasteiger partial charge < -0.3 is 4.57 Å². The molecule has 24 heavy (non-hydrogen) atoms. The molecule has 0 fully saturated rings. The number of nitrogens with zero attached hydrogens (tertiary/aromatic N) is 1. The van der Waals surface area contributed by atoms with Gasteiger partial charge in [0.25, 0.3) is 0 Å². The Morgan fingerprint density at radius 1 is 0.833 bits per heavy atom. The molecule has 0 saturated carbocycles. The van der Waals surface area contributed by atoms with Crippen LogP contribution in [-0.2, 0) is 6.42 Å². The normalized spacial score (nSPS) is 13.5. The van der Waals surface area contributed by atoms with Crippen LogP contribution in [0, 0.1) is 6.92 Å². The Morgan fingerprint density at radius 2 is 1.58 bits per heavy atom. The fourth-order valence-corrected chi connectivity index (χ4v) is 4.11. The maximum absolute atomic E-state index is 2.45. The van der Waals surface area contributed by atoms with Gasteiger partial charge in [-0.05, 0) is 60.6 Å². The lowest BCUT2D eigenvalue weighted by molar-refractivity contribution is 0.968. The van der Waals surface area contributed by atoms with Crippen molar-refractivity contribution >= 4 is 27.8 Å². The highest BCUT2D eigenvalue weighted by atomic mass is 15.0. The predicted molar refractivity (Wildman–Crippen MR) is 103 cm³/mol. The minimum atomic E-state index is 1.12. The second kappa shape index (κ2) is 5.10. The second-order valence-electron chi connectivity index (χ2n) is 6.61. The number of aromatic nitrogens is 1. The number of allylic oxidation sites excluding steroid dienone is 1. The zero-order chi connectivity index (χ0) is 16.1. The molecular formula is C23H19N. The first-order chi connectivity index (χ1) is 11.8. The molecule has 3 aromatic carbocycles. The molecule has 5 rings (SSSR count). The molecule has 1 heteroatoms. The maximum atomic E-state index is 2.45. The largest absolute Gasteiger partial charge is 0.309 e. The fraction of sp³-hybridized carbons (Fsp3) is 0.130. The first kappa shape index (κ1) is 13.6. The van der Waals surface area contributed by atoms with Crippen LogP contribution in [-0.4, -0.2) is 4.57 Å². The van der Waals surface area contributed by atoms with Gasteiger partial charge in [0.05, 0.1) is 5.52 Å². The third kappa shape index (κ3) is 1.81. The van der Waals surface area contributed by atoms with E-state index in [1.54, 1.807) is 0 Å². The van der Waals surface area contributed by atoms with Gasteiger partial charge in [-0.3, -0.25) is 0 Å². The smallest absolute Gasteiger partial charge is 0.0616 e. The second-order valence-corrected chi connectivity index (χ2v) is 6.61. The highest BCUT2D eigenvalue weighted by Gasteiger charge is 2.20. The van der Waals surface area contributed by atoms with E-state index in [0.717, 1.165) is 12.8 Å². The van der Waals surface area contributed by atoms with Crippen LogP contribution in [0.15, 0.2) is 66.7 Å². The Morgan fingerprint density at radius 3 is 2.42 bits per heavy atom. The molecule has 1 nitrogen and oxygen atoms in total. The number of hydrogen-bond donors (Lipinski definition) is 0. The zero-order valence-corrected chi connectivity index (χ0v) is 13.8. The van der Waals surface area contributed by atoms with Crippen molar-refractivity contribution in [1.29, 1.82) is 0 Å². The molecule has 0 N–H and O–H groups in total. The highest BCUT2D eigenvalue weighted by molar-refractivity contribution is 6.10. The number of hydrogen-bond acceptors (Lipinski definition) is 0. The monoisotopic (exact) mass is 309 g/mol. The molecule has 0 unspecified atom stereocenters. The molecular weight excluding hydrogens is 290 g/mol. The van der Waals surface area contributed by atoms with Crippen LogP contribution in [0.1, 0.15) is 23.2 Å². The van der Waals surface area contributed by atoms with E-state index >= 15 is 0 Å². The number of benzene rings is 3. The number of fused-ring (bicyclic) bond motifs is 5. The van der Waals surface area contributed by atoms with Crippen LogP contribution in [0.5, 0.6) is 0 Å². The van der Waals surface area contributed by atoms with Gasteiger partial charge in [0.15, 0.2) is 0 Å². The molecule has 0 spiro atoms. The van der Waals surface area contributed by atoms with E-state index in [2.05, 4.69) is 84.3 Å². The molecule has 4 aromatic rings. The van der Waals surface area contributed by atoms with Crippen molar-refractivity contribution in [2.75, 3.05) is 0 Å². The summed E-state index contributed by atoms with van der Waals surface area (Å²) in [5, 5.41) is 4.11. The summed E-state index contributed by atoms with van der Waals surface area (Å²) in [6.07, 6.45) is 6.86. The van der Waals surface area contributed by atoms with Crippen LogP contribution in [0.4, 0.5) is 0 Å². The molecule has 0 aliphatic heterocycles. The van der Waals surface area contributed by atoms with Gasteiger partial charge in [0.1, 0.15) is 0 Å². The van der Waals surface area contributed by atoms with Crippen LogP contribution >= 0.6 is 0 Å². The number of rotatable bonds is 1. The van der Waals surface area contributed by atoms with E-state index in [4.69, 9.17) is 0 Å². The average Bonchev–Trinajstić information content (AvgIpc) is 2.97. The Bertz CT molecular complexity index is 1100. The standard InChI is InChI=1S/C23H19N/c1-16-15-21-19-12-7-8-14-22(19)24(17-9-3-2-4-10-17)23(21)20-13-6-5-11-18(16)20/h2-6,8-11,13-15H,7,12H2,1H3. The number of aryl methyl sites for hydroxylation is 2. The summed E-state index contributed by atoms with van der Waals surface area (Å²) in [6.45, 7) is 2.23. The van der Waals surface area contributed by atoms with Crippen molar-refractivity contribution in [2.24, 2.45) is 0 Å². The van der Waals surface area contributed by atoms with Gasteiger partial charge in [-0.1, -0.05) is 48.5 Å². The fourth-order valence-electron chi connectivity index (χ4n) is 4.11. The molecule has 1 aliphatic rings. The predicted octanol–water partition coefficient (Wildman–Crippen LogP) is 6.05. The van der Waals surface area contributed by atoms with Crippen molar-refractivity contribution < 1.29 is 0 Å². The van der Waals surface area contributed by atoms with Crippen LogP contribution < -0.4 is 0 Å². The van der Waals surface area contributed by atoms with Crippen molar-refractivity contribution in [2.45, 2.75) is 19.8 Å². The van der Waals surface area contributed by atoms with E-state index in [-0.39, 0.29) is 0 Å². The Kier molecular flexibility index (Phi) is 2.90. The molecule has 0 atom stereocenters. The highest BCUT2D eigenvalue weighted by Crippen LogP contribution is 2.38. The van der Waals surface area contributed by atoms with Gasteiger partial charge in [0.2, 0.25) is 0 Å².